The van der Waals surface area contributed by atoms with Gasteiger partial charge >= 0.3 is 0 Å². The van der Waals surface area contributed by atoms with E-state index in [0.29, 0.717) is 0 Å². The molecular formula is C10H14OP-. The Kier molecular flexibility index (Phi) is 4.98. The van der Waals surface area contributed by atoms with Crippen LogP contribution in [0.1, 0.15) is 19.8 Å². The van der Waals surface area contributed by atoms with Crippen molar-refractivity contribution >= 4 is 14.1 Å². The van der Waals surface area contributed by atoms with Gasteiger partial charge in [-0.15, -0.1) is 0 Å². The van der Waals surface area contributed by atoms with E-state index in [2.05, 4.69) is 19.1 Å². The maximum absolute atomic E-state index is 5.43. The molecule has 1 aromatic carbocycles. The molecule has 66 valence electrons. The van der Waals surface area contributed by atoms with E-state index in [9.17, 15) is 0 Å². The Morgan fingerprint density at radius 2 is 2.00 bits per heavy atom. The Labute approximate surface area is 76.0 Å². The molecule has 0 N–H and O–H groups in total. The van der Waals surface area contributed by atoms with Crippen molar-refractivity contribution in [2.45, 2.75) is 19.8 Å². The summed E-state index contributed by atoms with van der Waals surface area (Å²) in [7, 11) is 0.987. The van der Waals surface area contributed by atoms with E-state index in [4.69, 9.17) is 4.52 Å². The molecule has 0 amide bonds. The first kappa shape index (κ1) is 9.70. The van der Waals surface area contributed by atoms with Crippen LogP contribution in [0.2, 0.25) is 0 Å². The predicted molar refractivity (Wildman–Crippen MR) is 53.9 cm³/mol. The lowest BCUT2D eigenvalue weighted by Crippen LogP contribution is -1.94. The Hall–Kier alpha value is -0.390. The van der Waals surface area contributed by atoms with Gasteiger partial charge in [-0.3, -0.25) is 0 Å². The third kappa shape index (κ3) is 3.85. The highest BCUT2D eigenvalue weighted by Crippen LogP contribution is 2.11. The van der Waals surface area contributed by atoms with Gasteiger partial charge in [0.25, 0.3) is 0 Å². The zero-order valence-corrected chi connectivity index (χ0v) is 8.26. The van der Waals surface area contributed by atoms with Gasteiger partial charge in [-0.2, -0.15) is 5.30 Å². The number of hydrogen-bond donors (Lipinski definition) is 0. The first-order valence-corrected chi connectivity index (χ1v) is 5.13. The minimum Gasteiger partial charge on any atom is -0.553 e. The Morgan fingerprint density at radius 3 is 2.67 bits per heavy atom. The van der Waals surface area contributed by atoms with Crippen LogP contribution in [-0.4, -0.2) is 6.61 Å². The van der Waals surface area contributed by atoms with Crippen molar-refractivity contribution in [3.63, 3.8) is 0 Å². The van der Waals surface area contributed by atoms with Gasteiger partial charge in [-0.1, -0.05) is 43.7 Å². The fourth-order valence-corrected chi connectivity index (χ4v) is 1.48. The van der Waals surface area contributed by atoms with Crippen LogP contribution in [0.4, 0.5) is 0 Å². The molecule has 0 saturated carbocycles. The van der Waals surface area contributed by atoms with Crippen molar-refractivity contribution in [2.24, 2.45) is 0 Å². The minimum atomic E-state index is 0.868. The van der Waals surface area contributed by atoms with Crippen molar-refractivity contribution in [2.75, 3.05) is 6.61 Å². The average molecular weight is 181 g/mol. The van der Waals surface area contributed by atoms with Crippen molar-refractivity contribution in [1.82, 2.24) is 0 Å². The van der Waals surface area contributed by atoms with Crippen LogP contribution in [0.5, 0.6) is 0 Å². The van der Waals surface area contributed by atoms with E-state index >= 15 is 0 Å². The first-order chi connectivity index (χ1) is 5.93. The zero-order chi connectivity index (χ0) is 8.65. The van der Waals surface area contributed by atoms with Crippen molar-refractivity contribution < 1.29 is 4.52 Å². The average Bonchev–Trinajstić information content (AvgIpc) is 2.14. The quantitative estimate of drug-likeness (QED) is 0.501. The van der Waals surface area contributed by atoms with Gasteiger partial charge in [-0.05, 0) is 6.42 Å². The van der Waals surface area contributed by atoms with E-state index in [1.54, 1.807) is 0 Å². The third-order valence-electron chi connectivity index (χ3n) is 1.52. The molecule has 2 heteroatoms. The second-order valence-electron chi connectivity index (χ2n) is 2.61. The second-order valence-corrected chi connectivity index (χ2v) is 3.57. The molecule has 0 aliphatic carbocycles. The van der Waals surface area contributed by atoms with Gasteiger partial charge in [0, 0.05) is 6.61 Å². The maximum atomic E-state index is 5.43. The topological polar surface area (TPSA) is 9.23 Å². The Morgan fingerprint density at radius 1 is 1.25 bits per heavy atom. The molecule has 0 aromatic heterocycles. The maximum Gasteiger partial charge on any atom is 0.0117 e. The van der Waals surface area contributed by atoms with E-state index in [1.807, 2.05) is 18.2 Å². The molecule has 0 heterocycles. The highest BCUT2D eigenvalue weighted by Gasteiger charge is 1.77. The summed E-state index contributed by atoms with van der Waals surface area (Å²) in [6.45, 7) is 3.04. The van der Waals surface area contributed by atoms with E-state index in [0.717, 1.165) is 21.8 Å². The molecule has 0 aliphatic rings. The number of hydrogen-bond acceptors (Lipinski definition) is 1. The molecule has 0 aliphatic heterocycles. The van der Waals surface area contributed by atoms with E-state index in [1.165, 1.54) is 11.7 Å². The highest BCUT2D eigenvalue weighted by molar-refractivity contribution is 7.41. The van der Waals surface area contributed by atoms with Gasteiger partial charge < -0.3 is 13.3 Å². The number of rotatable bonds is 5. The molecule has 12 heavy (non-hydrogen) atoms. The molecule has 0 fully saturated rings. The molecule has 1 aromatic rings. The van der Waals surface area contributed by atoms with Gasteiger partial charge in [0.2, 0.25) is 0 Å². The zero-order valence-electron chi connectivity index (χ0n) is 7.36. The summed E-state index contributed by atoms with van der Waals surface area (Å²) in [6.07, 6.45) is 2.35. The molecule has 0 saturated heterocycles. The lowest BCUT2D eigenvalue weighted by atomic mass is 10.4. The summed E-state index contributed by atoms with van der Waals surface area (Å²) in [6, 6.07) is 10.2. The normalized spacial score (nSPS) is 11.1. The minimum absolute atomic E-state index is 0.868. The standard InChI is InChI=1S/C10H14OP/c1-2-3-9-11-12-10-7-5-4-6-8-10/h4-8H,2-3,9H2,1H3/q-1. The summed E-state index contributed by atoms with van der Waals surface area (Å²) in [4.78, 5) is 0. The van der Waals surface area contributed by atoms with E-state index in [-0.39, 0.29) is 0 Å². The van der Waals surface area contributed by atoms with Crippen molar-refractivity contribution in [3.05, 3.63) is 30.3 Å². The van der Waals surface area contributed by atoms with Gasteiger partial charge in [0.15, 0.2) is 0 Å². The largest absolute Gasteiger partial charge is 0.553 e. The smallest absolute Gasteiger partial charge is 0.0117 e. The summed E-state index contributed by atoms with van der Waals surface area (Å²) in [5, 5.41) is 1.23. The van der Waals surface area contributed by atoms with Crippen molar-refractivity contribution in [3.8, 4) is 0 Å². The summed E-state index contributed by atoms with van der Waals surface area (Å²) >= 11 is 0. The fourth-order valence-electron chi connectivity index (χ4n) is 0.818. The van der Waals surface area contributed by atoms with Crippen LogP contribution >= 0.6 is 8.81 Å². The van der Waals surface area contributed by atoms with Gasteiger partial charge in [-0.25, -0.2) is 0 Å². The molecule has 0 bridgehead atoms. The van der Waals surface area contributed by atoms with Crippen molar-refractivity contribution in [1.29, 1.82) is 0 Å². The van der Waals surface area contributed by atoms with E-state index < -0.39 is 0 Å². The van der Waals surface area contributed by atoms with Crippen LogP contribution in [0.25, 0.3) is 0 Å². The monoisotopic (exact) mass is 181 g/mol. The van der Waals surface area contributed by atoms with Crippen LogP contribution in [-0.2, 0) is 4.52 Å². The molecule has 1 nitrogen and oxygen atoms in total. The Balaban J connectivity index is 2.16. The fraction of sp³-hybridized carbons (Fsp3) is 0.400. The predicted octanol–water partition coefficient (Wildman–Crippen LogP) is 2.99. The van der Waals surface area contributed by atoms with Crippen LogP contribution in [0, 0.1) is 0 Å². The summed E-state index contributed by atoms with van der Waals surface area (Å²) in [5.74, 6) is 0. The second kappa shape index (κ2) is 6.16. The van der Waals surface area contributed by atoms with Crippen LogP contribution in [0.3, 0.4) is 0 Å². The summed E-state index contributed by atoms with van der Waals surface area (Å²) < 4.78 is 5.43. The van der Waals surface area contributed by atoms with Crippen LogP contribution < -0.4 is 5.30 Å². The first-order valence-electron chi connectivity index (χ1n) is 4.31. The SMILES string of the molecule is CCCCO[P-]c1ccccc1. The Bertz CT molecular complexity index is 198. The third-order valence-corrected chi connectivity index (χ3v) is 2.34. The summed E-state index contributed by atoms with van der Waals surface area (Å²) in [5.41, 5.74) is 0. The van der Waals surface area contributed by atoms with Crippen LogP contribution in [0.15, 0.2) is 30.3 Å². The van der Waals surface area contributed by atoms with Gasteiger partial charge in [0.1, 0.15) is 0 Å². The molecule has 0 spiro atoms. The highest BCUT2D eigenvalue weighted by atomic mass is 31.1. The van der Waals surface area contributed by atoms with Gasteiger partial charge in [0.05, 0.1) is 0 Å². The number of benzene rings is 1. The molecule has 0 atom stereocenters. The molecular weight excluding hydrogens is 167 g/mol. The molecule has 0 radical (unpaired) electrons. The number of unbranched alkanes of at least 4 members (excludes halogenated alkanes) is 1. The molecule has 1 rings (SSSR count). The lowest BCUT2D eigenvalue weighted by Gasteiger charge is -2.19. The molecule has 0 unspecified atom stereocenters. The lowest BCUT2D eigenvalue weighted by molar-refractivity contribution is 0.356.